The summed E-state index contributed by atoms with van der Waals surface area (Å²) < 4.78 is 28.6. The number of halogens is 1. The third kappa shape index (κ3) is 2.77. The van der Waals surface area contributed by atoms with Crippen molar-refractivity contribution in [3.05, 3.63) is 22.6 Å². The van der Waals surface area contributed by atoms with Crippen molar-refractivity contribution in [3.63, 3.8) is 0 Å². The Labute approximate surface area is 114 Å². The second-order valence-electron chi connectivity index (χ2n) is 4.25. The minimum absolute atomic E-state index is 0.0501. The summed E-state index contributed by atoms with van der Waals surface area (Å²) in [6.07, 6.45) is 0.504. The van der Waals surface area contributed by atoms with E-state index in [9.17, 15) is 13.2 Å². The number of nitrogens with zero attached hydrogens (tertiary/aromatic N) is 1. The molecule has 0 spiro atoms. The molecule has 0 N–H and O–H groups in total. The fourth-order valence-electron chi connectivity index (χ4n) is 2.16. The zero-order chi connectivity index (χ0) is 13.3. The van der Waals surface area contributed by atoms with Gasteiger partial charge in [-0.25, -0.2) is 8.42 Å². The predicted octanol–water partition coefficient (Wildman–Crippen LogP) is 1.69. The van der Waals surface area contributed by atoms with Crippen LogP contribution < -0.4 is 0 Å². The number of furan rings is 1. The monoisotopic (exact) mass is 335 g/mol. The summed E-state index contributed by atoms with van der Waals surface area (Å²) >= 11 is 3.14. The first-order valence-electron chi connectivity index (χ1n) is 5.69. The quantitative estimate of drug-likeness (QED) is 0.842. The van der Waals surface area contributed by atoms with Crippen molar-refractivity contribution in [2.45, 2.75) is 19.4 Å². The number of amides is 1. The van der Waals surface area contributed by atoms with E-state index in [1.807, 2.05) is 6.92 Å². The molecule has 0 bridgehead atoms. The highest BCUT2D eigenvalue weighted by Crippen LogP contribution is 2.21. The van der Waals surface area contributed by atoms with Crippen LogP contribution >= 0.6 is 15.9 Å². The van der Waals surface area contributed by atoms with Gasteiger partial charge in [-0.05, 0) is 41.4 Å². The summed E-state index contributed by atoms with van der Waals surface area (Å²) in [4.78, 5) is 13.8. The Bertz CT molecular complexity index is 551. The lowest BCUT2D eigenvalue weighted by atomic mass is 10.2. The Morgan fingerprint density at radius 1 is 1.56 bits per heavy atom. The molecule has 2 rings (SSSR count). The Hall–Kier alpha value is -0.820. The molecule has 1 aromatic rings. The van der Waals surface area contributed by atoms with E-state index in [0.717, 1.165) is 0 Å². The maximum absolute atomic E-state index is 12.2. The molecule has 1 aliphatic heterocycles. The first-order chi connectivity index (χ1) is 8.43. The topological polar surface area (TPSA) is 67.6 Å². The van der Waals surface area contributed by atoms with Gasteiger partial charge in [-0.1, -0.05) is 0 Å². The van der Waals surface area contributed by atoms with Gasteiger partial charge in [-0.3, -0.25) is 4.79 Å². The number of hydrogen-bond acceptors (Lipinski definition) is 4. The highest BCUT2D eigenvalue weighted by atomic mass is 79.9. The van der Waals surface area contributed by atoms with Gasteiger partial charge in [0.2, 0.25) is 0 Å². The fourth-order valence-corrected chi connectivity index (χ4v) is 4.20. The number of sulfone groups is 1. The molecule has 1 amide bonds. The van der Waals surface area contributed by atoms with Gasteiger partial charge in [-0.15, -0.1) is 0 Å². The lowest BCUT2D eigenvalue weighted by Gasteiger charge is -2.25. The van der Waals surface area contributed by atoms with Gasteiger partial charge in [0.1, 0.15) is 0 Å². The summed E-state index contributed by atoms with van der Waals surface area (Å²) in [5.74, 6) is 0.177. The highest BCUT2D eigenvalue weighted by Gasteiger charge is 2.34. The molecular weight excluding hydrogens is 322 g/mol. The van der Waals surface area contributed by atoms with Crippen LogP contribution in [0.4, 0.5) is 0 Å². The summed E-state index contributed by atoms with van der Waals surface area (Å²) in [6, 6.07) is 2.99. The van der Waals surface area contributed by atoms with Crippen molar-refractivity contribution < 1.29 is 17.6 Å². The van der Waals surface area contributed by atoms with Gasteiger partial charge in [0.15, 0.2) is 20.3 Å². The Balaban J connectivity index is 2.17. The molecule has 1 atom stereocenters. The highest BCUT2D eigenvalue weighted by molar-refractivity contribution is 9.10. The standard InChI is InChI=1S/C11H14BrNO4S/c1-2-13(8-5-6-18(15,16)7-8)11(14)9-3-4-10(12)17-9/h3-4,8H,2,5-7H2,1H3. The molecule has 18 heavy (non-hydrogen) atoms. The van der Waals surface area contributed by atoms with Crippen LogP contribution in [0.1, 0.15) is 23.9 Å². The molecule has 0 saturated carbocycles. The van der Waals surface area contributed by atoms with E-state index < -0.39 is 9.84 Å². The maximum Gasteiger partial charge on any atom is 0.289 e. The molecule has 1 fully saturated rings. The summed E-state index contributed by atoms with van der Waals surface area (Å²) in [5, 5.41) is 0. The first-order valence-corrected chi connectivity index (χ1v) is 8.31. The normalized spacial score (nSPS) is 22.0. The molecule has 1 aromatic heterocycles. The van der Waals surface area contributed by atoms with Crippen molar-refractivity contribution in [1.82, 2.24) is 4.90 Å². The van der Waals surface area contributed by atoms with Crippen LogP contribution in [0.15, 0.2) is 21.2 Å². The van der Waals surface area contributed by atoms with E-state index in [4.69, 9.17) is 4.42 Å². The molecule has 1 unspecified atom stereocenters. The van der Waals surface area contributed by atoms with Crippen LogP contribution in [0.5, 0.6) is 0 Å². The van der Waals surface area contributed by atoms with Crippen molar-refractivity contribution in [3.8, 4) is 0 Å². The molecule has 0 aliphatic carbocycles. The average molecular weight is 336 g/mol. The number of hydrogen-bond donors (Lipinski definition) is 0. The summed E-state index contributed by atoms with van der Waals surface area (Å²) in [7, 11) is -2.99. The van der Waals surface area contributed by atoms with Crippen molar-refractivity contribution in [2.24, 2.45) is 0 Å². The second-order valence-corrected chi connectivity index (χ2v) is 7.26. The summed E-state index contributed by atoms with van der Waals surface area (Å²) in [6.45, 7) is 2.30. The predicted molar refractivity (Wildman–Crippen MR) is 70.2 cm³/mol. The molecule has 1 saturated heterocycles. The van der Waals surface area contributed by atoms with Gasteiger partial charge in [-0.2, -0.15) is 0 Å². The van der Waals surface area contributed by atoms with Crippen LogP contribution in [0.2, 0.25) is 0 Å². The molecular formula is C11H14BrNO4S. The van der Waals surface area contributed by atoms with Gasteiger partial charge in [0.25, 0.3) is 5.91 Å². The van der Waals surface area contributed by atoms with E-state index in [1.165, 1.54) is 0 Å². The Kier molecular flexibility index (Phi) is 3.82. The zero-order valence-electron chi connectivity index (χ0n) is 9.93. The van der Waals surface area contributed by atoms with Crippen LogP contribution in [0.3, 0.4) is 0 Å². The minimum atomic E-state index is -2.99. The van der Waals surface area contributed by atoms with Crippen molar-refractivity contribution in [1.29, 1.82) is 0 Å². The van der Waals surface area contributed by atoms with Crippen molar-refractivity contribution in [2.75, 3.05) is 18.1 Å². The van der Waals surface area contributed by atoms with E-state index in [-0.39, 0.29) is 29.2 Å². The van der Waals surface area contributed by atoms with Gasteiger partial charge in [0.05, 0.1) is 11.5 Å². The zero-order valence-corrected chi connectivity index (χ0v) is 12.3. The number of carbonyl (C=O) groups excluding carboxylic acids is 1. The first kappa shape index (κ1) is 13.6. The third-order valence-electron chi connectivity index (χ3n) is 3.03. The van der Waals surface area contributed by atoms with Crippen LogP contribution in [-0.4, -0.2) is 43.3 Å². The molecule has 7 heteroatoms. The average Bonchev–Trinajstić information content (AvgIpc) is 2.86. The van der Waals surface area contributed by atoms with E-state index in [2.05, 4.69) is 15.9 Å². The maximum atomic E-state index is 12.2. The van der Waals surface area contributed by atoms with Crippen LogP contribution in [0.25, 0.3) is 0 Å². The molecule has 0 radical (unpaired) electrons. The molecule has 5 nitrogen and oxygen atoms in total. The SMILES string of the molecule is CCN(C(=O)c1ccc(Br)o1)C1CCS(=O)(=O)C1. The molecule has 100 valence electrons. The molecule has 0 aromatic carbocycles. The van der Waals surface area contributed by atoms with Gasteiger partial charge >= 0.3 is 0 Å². The van der Waals surface area contributed by atoms with Gasteiger partial charge in [0, 0.05) is 12.6 Å². The molecule has 2 heterocycles. The smallest absolute Gasteiger partial charge is 0.289 e. The number of carbonyl (C=O) groups is 1. The third-order valence-corrected chi connectivity index (χ3v) is 5.21. The lowest BCUT2D eigenvalue weighted by molar-refractivity contribution is 0.0674. The summed E-state index contributed by atoms with van der Waals surface area (Å²) in [5.41, 5.74) is 0. The Morgan fingerprint density at radius 3 is 2.72 bits per heavy atom. The minimum Gasteiger partial charge on any atom is -0.444 e. The van der Waals surface area contributed by atoms with Crippen molar-refractivity contribution >= 4 is 31.7 Å². The van der Waals surface area contributed by atoms with E-state index in [0.29, 0.717) is 17.6 Å². The second kappa shape index (κ2) is 5.05. The largest absolute Gasteiger partial charge is 0.444 e. The van der Waals surface area contributed by atoms with E-state index >= 15 is 0 Å². The van der Waals surface area contributed by atoms with E-state index in [1.54, 1.807) is 17.0 Å². The number of rotatable bonds is 3. The van der Waals surface area contributed by atoms with Crippen LogP contribution in [0, 0.1) is 0 Å². The fraction of sp³-hybridized carbons (Fsp3) is 0.545. The molecule has 1 aliphatic rings. The van der Waals surface area contributed by atoms with Crippen LogP contribution in [-0.2, 0) is 9.84 Å². The lowest BCUT2D eigenvalue weighted by Crippen LogP contribution is -2.40. The Morgan fingerprint density at radius 2 is 2.28 bits per heavy atom. The van der Waals surface area contributed by atoms with Gasteiger partial charge < -0.3 is 9.32 Å².